The lowest BCUT2D eigenvalue weighted by atomic mass is 10.1. The van der Waals surface area contributed by atoms with Gasteiger partial charge in [-0.25, -0.2) is 9.59 Å². The van der Waals surface area contributed by atoms with Crippen molar-refractivity contribution in [1.29, 1.82) is 0 Å². The second kappa shape index (κ2) is 8.81. The number of nitrogens with zero attached hydrogens (tertiary/aromatic N) is 1. The molecular weight excluding hydrogens is 497 g/mol. The van der Waals surface area contributed by atoms with E-state index in [0.29, 0.717) is 19.9 Å². The first-order valence-electron chi connectivity index (χ1n) is 9.18. The van der Waals surface area contributed by atoms with Crippen molar-refractivity contribution in [2.45, 2.75) is 13.3 Å². The average Bonchev–Trinajstić information content (AvgIpc) is 3.33. The van der Waals surface area contributed by atoms with Crippen LogP contribution in [-0.4, -0.2) is 26.9 Å². The van der Waals surface area contributed by atoms with Crippen LogP contribution in [0, 0.1) is 0 Å². The van der Waals surface area contributed by atoms with Crippen LogP contribution in [0.5, 0.6) is 17.5 Å². The number of aromatic nitrogens is 1. The number of carbonyl (C=O) groups is 2. The van der Waals surface area contributed by atoms with Crippen molar-refractivity contribution in [2.24, 2.45) is 0 Å². The van der Waals surface area contributed by atoms with E-state index < -0.39 is 29.3 Å². The lowest BCUT2D eigenvalue weighted by Gasteiger charge is -2.09. The maximum atomic E-state index is 12.6. The highest BCUT2D eigenvalue weighted by atomic mass is 35.5. The van der Waals surface area contributed by atoms with E-state index in [1.807, 2.05) is 0 Å². The van der Waals surface area contributed by atoms with Crippen molar-refractivity contribution >= 4 is 57.4 Å². The molecule has 0 atom stereocenters. The number of hydrogen-bond donors (Lipinski definition) is 2. The Morgan fingerprint density at radius 2 is 1.82 bits per heavy atom. The van der Waals surface area contributed by atoms with E-state index in [-0.39, 0.29) is 33.4 Å². The largest absolute Gasteiger partial charge is 0.492 e. The molecule has 0 bridgehead atoms. The summed E-state index contributed by atoms with van der Waals surface area (Å²) in [5.41, 5.74) is -0.475. The van der Waals surface area contributed by atoms with Crippen LogP contribution in [0.3, 0.4) is 0 Å². The van der Waals surface area contributed by atoms with Gasteiger partial charge in [0.15, 0.2) is 11.3 Å². The first-order valence-corrected chi connectivity index (χ1v) is 10.8. The number of esters is 1. The van der Waals surface area contributed by atoms with Crippen molar-refractivity contribution < 1.29 is 33.8 Å². The summed E-state index contributed by atoms with van der Waals surface area (Å²) in [6, 6.07) is 8.57. The van der Waals surface area contributed by atoms with E-state index in [0.717, 1.165) is 11.3 Å². The van der Waals surface area contributed by atoms with E-state index in [1.54, 1.807) is 12.1 Å². The minimum absolute atomic E-state index is 0.0118. The topological polar surface area (TPSA) is 128 Å². The fourth-order valence-corrected chi connectivity index (χ4v) is 4.56. The van der Waals surface area contributed by atoms with Gasteiger partial charge in [-0.1, -0.05) is 23.2 Å². The molecule has 3 heterocycles. The van der Waals surface area contributed by atoms with Crippen LogP contribution in [0.2, 0.25) is 10.0 Å². The zero-order chi connectivity index (χ0) is 23.9. The number of thiophene rings is 1. The number of fused-ring (bicyclic) bond motifs is 1. The molecule has 33 heavy (non-hydrogen) atoms. The predicted octanol–water partition coefficient (Wildman–Crippen LogP) is 4.16. The highest BCUT2D eigenvalue weighted by Crippen LogP contribution is 2.40. The molecule has 0 spiro atoms. The summed E-state index contributed by atoms with van der Waals surface area (Å²) in [5, 5.41) is 19.5. The number of carbonyl (C=O) groups excluding carboxylic acids is 2. The number of aromatic hydroxyl groups is 2. The molecule has 12 heteroatoms. The molecule has 0 fully saturated rings. The molecule has 170 valence electrons. The van der Waals surface area contributed by atoms with Crippen LogP contribution >= 0.6 is 34.5 Å². The molecule has 0 saturated heterocycles. The summed E-state index contributed by atoms with van der Waals surface area (Å²) >= 11 is 13.5. The molecule has 2 N–H and O–H groups in total. The van der Waals surface area contributed by atoms with Crippen molar-refractivity contribution in [3.05, 3.63) is 61.7 Å². The fraction of sp³-hybridized carbons (Fsp3) is 0.0952. The number of benzene rings is 1. The van der Waals surface area contributed by atoms with Crippen LogP contribution in [0.1, 0.15) is 11.8 Å². The molecule has 4 aromatic rings. The van der Waals surface area contributed by atoms with Crippen molar-refractivity contribution in [1.82, 2.24) is 4.73 Å². The fourth-order valence-electron chi connectivity index (χ4n) is 2.97. The Morgan fingerprint density at radius 1 is 1.12 bits per heavy atom. The van der Waals surface area contributed by atoms with Crippen LogP contribution in [-0.2, 0) is 16.0 Å². The van der Waals surface area contributed by atoms with Gasteiger partial charge in [0.25, 0.3) is 0 Å². The Balaban J connectivity index is 1.62. The number of halogens is 2. The summed E-state index contributed by atoms with van der Waals surface area (Å²) in [6.07, 6.45) is -0.177. The number of ether oxygens (including phenoxy) is 1. The van der Waals surface area contributed by atoms with Crippen molar-refractivity contribution in [2.75, 3.05) is 0 Å². The SMILES string of the molecule is CC(=O)Oc1c(Cl)cc2cc(-c3ccc(CC(=O)On4c(O)ccc4O)s3)c(=O)oc2c1Cl. The van der Waals surface area contributed by atoms with Gasteiger partial charge in [0.1, 0.15) is 5.02 Å². The molecular formula is C21H13Cl2NO8S. The average molecular weight is 510 g/mol. The lowest BCUT2D eigenvalue weighted by molar-refractivity contribution is -0.144. The van der Waals surface area contributed by atoms with Crippen LogP contribution < -0.4 is 15.2 Å². The quantitative estimate of drug-likeness (QED) is 0.233. The Morgan fingerprint density at radius 3 is 2.48 bits per heavy atom. The van der Waals surface area contributed by atoms with Gasteiger partial charge in [-0.05, 0) is 24.3 Å². The van der Waals surface area contributed by atoms with Crippen molar-refractivity contribution in [3.63, 3.8) is 0 Å². The second-order valence-corrected chi connectivity index (χ2v) is 8.66. The smallest absolute Gasteiger partial charge is 0.345 e. The van der Waals surface area contributed by atoms with Gasteiger partial charge in [-0.15, -0.1) is 16.1 Å². The normalized spacial score (nSPS) is 11.0. The maximum absolute atomic E-state index is 12.6. The molecule has 9 nitrogen and oxygen atoms in total. The minimum Gasteiger partial charge on any atom is -0.492 e. The highest BCUT2D eigenvalue weighted by Gasteiger charge is 2.20. The van der Waals surface area contributed by atoms with E-state index in [2.05, 4.69) is 0 Å². The number of hydrogen-bond acceptors (Lipinski definition) is 9. The number of rotatable bonds is 5. The van der Waals surface area contributed by atoms with E-state index in [4.69, 9.17) is 37.2 Å². The van der Waals surface area contributed by atoms with E-state index in [9.17, 15) is 24.6 Å². The molecule has 0 radical (unpaired) electrons. The van der Waals surface area contributed by atoms with Crippen LogP contribution in [0.15, 0.2) is 45.6 Å². The summed E-state index contributed by atoms with van der Waals surface area (Å²) in [5.74, 6) is -2.35. The highest BCUT2D eigenvalue weighted by molar-refractivity contribution is 7.15. The molecule has 1 aromatic carbocycles. The molecule has 0 amide bonds. The van der Waals surface area contributed by atoms with Crippen LogP contribution in [0.4, 0.5) is 0 Å². The van der Waals surface area contributed by atoms with Gasteiger partial charge in [-0.2, -0.15) is 0 Å². The van der Waals surface area contributed by atoms with Gasteiger partial charge in [0.05, 0.1) is 17.0 Å². The van der Waals surface area contributed by atoms with Gasteiger partial charge in [-0.3, -0.25) is 4.79 Å². The zero-order valence-electron chi connectivity index (χ0n) is 16.6. The molecule has 0 saturated carbocycles. The lowest BCUT2D eigenvalue weighted by Crippen LogP contribution is -2.20. The zero-order valence-corrected chi connectivity index (χ0v) is 19.0. The van der Waals surface area contributed by atoms with Gasteiger partial charge in [0, 0.05) is 34.2 Å². The molecule has 0 unspecified atom stereocenters. The van der Waals surface area contributed by atoms with Gasteiger partial charge < -0.3 is 24.2 Å². The van der Waals surface area contributed by atoms with E-state index >= 15 is 0 Å². The summed E-state index contributed by atoms with van der Waals surface area (Å²) in [6.45, 7) is 1.18. The Labute approximate surface area is 198 Å². The molecule has 4 rings (SSSR count). The van der Waals surface area contributed by atoms with Crippen molar-refractivity contribution in [3.8, 4) is 28.0 Å². The molecule has 3 aromatic heterocycles. The first-order chi connectivity index (χ1) is 15.6. The minimum atomic E-state index is -0.743. The monoisotopic (exact) mass is 509 g/mol. The first kappa shape index (κ1) is 22.7. The summed E-state index contributed by atoms with van der Waals surface area (Å²) in [7, 11) is 0. The Kier molecular flexibility index (Phi) is 6.07. The molecule has 0 aliphatic rings. The maximum Gasteiger partial charge on any atom is 0.345 e. The predicted molar refractivity (Wildman–Crippen MR) is 120 cm³/mol. The third kappa shape index (κ3) is 4.54. The molecule has 0 aliphatic heterocycles. The van der Waals surface area contributed by atoms with Gasteiger partial charge in [0.2, 0.25) is 11.8 Å². The van der Waals surface area contributed by atoms with Gasteiger partial charge >= 0.3 is 17.6 Å². The summed E-state index contributed by atoms with van der Waals surface area (Å²) in [4.78, 5) is 42.0. The third-order valence-corrected chi connectivity index (χ3v) is 6.10. The molecule has 0 aliphatic carbocycles. The van der Waals surface area contributed by atoms with E-state index in [1.165, 1.54) is 31.2 Å². The Bertz CT molecular complexity index is 1450. The third-order valence-electron chi connectivity index (χ3n) is 4.36. The summed E-state index contributed by atoms with van der Waals surface area (Å²) < 4.78 is 10.9. The Hall–Kier alpha value is -3.47. The standard InChI is InChI=1S/C21H13Cl2NO8S/c1-9(25)30-20-13(22)7-10-6-12(21(29)31-19(10)18(20)23)14-3-2-11(33-14)8-17(28)32-24-15(26)4-5-16(24)27/h2-7,26-27H,8H2,1H3. The second-order valence-electron chi connectivity index (χ2n) is 6.71. The van der Waals surface area contributed by atoms with Crippen LogP contribution in [0.25, 0.3) is 21.4 Å².